The number of aryl methyl sites for hydroxylation is 1. The number of nitrogens with zero attached hydrogens (tertiary/aromatic N) is 6. The summed E-state index contributed by atoms with van der Waals surface area (Å²) < 4.78 is 93.9. The van der Waals surface area contributed by atoms with Crippen LogP contribution in [-0.2, 0) is 18.9 Å². The molecule has 0 radical (unpaired) electrons. The van der Waals surface area contributed by atoms with Crippen molar-refractivity contribution in [3.8, 4) is 11.1 Å². The van der Waals surface area contributed by atoms with E-state index >= 15 is 0 Å². The smallest absolute Gasteiger partial charge is 0.338 e. The molecule has 2 saturated heterocycles. The molecule has 5 rings (SSSR count). The van der Waals surface area contributed by atoms with Crippen molar-refractivity contribution in [1.29, 1.82) is 0 Å². The third-order valence-corrected chi connectivity index (χ3v) is 8.00. The molecule has 256 valence electrons. The average Bonchev–Trinajstić information content (AvgIpc) is 3.01. The highest BCUT2D eigenvalue weighted by atomic mass is 19.4. The minimum Gasteiger partial charge on any atom is -0.338 e. The summed E-state index contributed by atoms with van der Waals surface area (Å²) in [5, 5.41) is 3.27. The topological polar surface area (TPSA) is 67.8 Å². The van der Waals surface area contributed by atoms with Crippen LogP contribution >= 0.6 is 0 Å². The average molecular weight is 670 g/mol. The number of rotatable bonds is 5. The highest BCUT2D eigenvalue weighted by molar-refractivity contribution is 5.99. The van der Waals surface area contributed by atoms with Gasteiger partial charge in [0, 0.05) is 77.7 Å². The Morgan fingerprint density at radius 3 is 1.94 bits per heavy atom. The Balaban J connectivity index is 0.000000632. The summed E-state index contributed by atoms with van der Waals surface area (Å²) in [6.45, 7) is 8.43. The van der Waals surface area contributed by atoms with Crippen molar-refractivity contribution in [3.05, 3.63) is 76.4 Å². The van der Waals surface area contributed by atoms with E-state index in [0.29, 0.717) is 36.3 Å². The van der Waals surface area contributed by atoms with Gasteiger partial charge < -0.3 is 24.9 Å². The Hall–Kier alpha value is -3.82. The number of hydrogen-bond acceptors (Lipinski definition) is 7. The molecule has 0 spiro atoms. The second-order valence-electron chi connectivity index (χ2n) is 11.8. The Kier molecular flexibility index (Phi) is 11.5. The van der Waals surface area contributed by atoms with Gasteiger partial charge in [-0.2, -0.15) is 26.3 Å². The lowest BCUT2D eigenvalue weighted by atomic mass is 9.99. The highest BCUT2D eigenvalue weighted by Gasteiger charge is 2.37. The summed E-state index contributed by atoms with van der Waals surface area (Å²) in [6, 6.07) is 5.13. The highest BCUT2D eigenvalue weighted by Crippen LogP contribution is 2.37. The van der Waals surface area contributed by atoms with Crippen LogP contribution in [0, 0.1) is 12.7 Å². The summed E-state index contributed by atoms with van der Waals surface area (Å²) in [4.78, 5) is 29.9. The lowest BCUT2D eigenvalue weighted by Gasteiger charge is -2.32. The summed E-state index contributed by atoms with van der Waals surface area (Å²) >= 11 is 0. The van der Waals surface area contributed by atoms with Gasteiger partial charge in [-0.25, -0.2) is 14.4 Å². The van der Waals surface area contributed by atoms with Crippen LogP contribution in [0.2, 0.25) is 0 Å². The number of halogens is 7. The third kappa shape index (κ3) is 9.61. The minimum atomic E-state index is -5.02. The molecule has 0 unspecified atom stereocenters. The van der Waals surface area contributed by atoms with Crippen LogP contribution < -0.4 is 10.2 Å². The molecule has 1 aromatic heterocycles. The van der Waals surface area contributed by atoms with E-state index in [1.807, 2.05) is 11.9 Å². The molecular weight excluding hydrogens is 631 g/mol. The number of carbonyl (C=O) groups is 1. The van der Waals surface area contributed by atoms with Crippen molar-refractivity contribution in [2.75, 3.05) is 78.4 Å². The molecule has 1 N–H and O–H groups in total. The Bertz CT molecular complexity index is 1500. The lowest BCUT2D eigenvalue weighted by molar-refractivity contribution is -0.143. The normalized spacial score (nSPS) is 16.4. The van der Waals surface area contributed by atoms with Gasteiger partial charge in [0.25, 0.3) is 5.91 Å². The van der Waals surface area contributed by atoms with Crippen molar-refractivity contribution < 1.29 is 35.5 Å². The maximum absolute atomic E-state index is 13.8. The van der Waals surface area contributed by atoms with Crippen molar-refractivity contribution in [3.63, 3.8) is 0 Å². The predicted octanol–water partition coefficient (Wildman–Crippen LogP) is 5.17. The standard InChI is InChI=1S/C27H26F7N5O.C5H12N2/c1-16-10-20(28)4-5-21(16)22-14-35-25(39-8-6-37(2)7-9-39)36-23(22)24(40)38(3)15-17-11-18(26(29,30)31)13-19(12-17)27(32,33)34;1-7-4-2-6-3-5-7/h4-5,10-14H,6-9,15H2,1-3H3;6H,2-5H2,1H3. The number of amides is 1. The number of nitrogens with one attached hydrogen (secondary N) is 1. The molecule has 3 aromatic rings. The van der Waals surface area contributed by atoms with E-state index in [1.54, 1.807) is 6.92 Å². The van der Waals surface area contributed by atoms with Crippen LogP contribution in [0.1, 0.15) is 32.7 Å². The quantitative estimate of drug-likeness (QED) is 0.376. The second kappa shape index (κ2) is 14.9. The molecule has 2 aliphatic heterocycles. The Morgan fingerprint density at radius 1 is 0.851 bits per heavy atom. The first-order chi connectivity index (χ1) is 22.0. The Morgan fingerprint density at radius 2 is 1.43 bits per heavy atom. The summed E-state index contributed by atoms with van der Waals surface area (Å²) in [5.74, 6) is -0.986. The summed E-state index contributed by atoms with van der Waals surface area (Å²) in [6.07, 6.45) is -8.61. The molecule has 8 nitrogen and oxygen atoms in total. The fraction of sp³-hybridized carbons (Fsp3) is 0.469. The molecule has 0 bridgehead atoms. The molecule has 2 aliphatic rings. The number of piperazine rings is 2. The molecule has 2 fully saturated rings. The maximum Gasteiger partial charge on any atom is 0.416 e. The second-order valence-corrected chi connectivity index (χ2v) is 11.8. The van der Waals surface area contributed by atoms with Gasteiger partial charge in [-0.1, -0.05) is 6.07 Å². The molecule has 15 heteroatoms. The number of aromatic nitrogens is 2. The van der Waals surface area contributed by atoms with E-state index < -0.39 is 41.7 Å². The number of carbonyl (C=O) groups excluding carboxylic acids is 1. The van der Waals surface area contributed by atoms with Crippen molar-refractivity contribution in [1.82, 2.24) is 30.0 Å². The third-order valence-electron chi connectivity index (χ3n) is 8.00. The number of benzene rings is 2. The monoisotopic (exact) mass is 669 g/mol. The van der Waals surface area contributed by atoms with Gasteiger partial charge in [0.05, 0.1) is 11.1 Å². The van der Waals surface area contributed by atoms with Gasteiger partial charge in [-0.3, -0.25) is 4.79 Å². The van der Waals surface area contributed by atoms with Gasteiger partial charge in [0.15, 0.2) is 0 Å². The summed E-state index contributed by atoms with van der Waals surface area (Å²) in [7, 11) is 5.37. The van der Waals surface area contributed by atoms with E-state index in [-0.39, 0.29) is 28.8 Å². The maximum atomic E-state index is 13.8. The first kappa shape index (κ1) is 36.0. The number of anilines is 1. The molecule has 47 heavy (non-hydrogen) atoms. The number of likely N-dealkylation sites (N-methyl/N-ethyl adjacent to an activating group) is 2. The molecule has 3 heterocycles. The van der Waals surface area contributed by atoms with Crippen LogP contribution in [0.15, 0.2) is 42.6 Å². The van der Waals surface area contributed by atoms with Gasteiger partial charge >= 0.3 is 12.4 Å². The minimum absolute atomic E-state index is 0.0352. The van der Waals surface area contributed by atoms with Crippen LogP contribution in [-0.4, -0.2) is 104 Å². The van der Waals surface area contributed by atoms with E-state index in [0.717, 1.165) is 31.1 Å². The van der Waals surface area contributed by atoms with Gasteiger partial charge in [0.2, 0.25) is 5.95 Å². The molecular formula is C32H38F7N7O. The van der Waals surface area contributed by atoms with Crippen molar-refractivity contribution >= 4 is 11.9 Å². The van der Waals surface area contributed by atoms with Crippen LogP contribution in [0.4, 0.5) is 36.7 Å². The Labute approximate surface area is 269 Å². The van der Waals surface area contributed by atoms with Crippen molar-refractivity contribution in [2.45, 2.75) is 25.8 Å². The van der Waals surface area contributed by atoms with Crippen LogP contribution in [0.3, 0.4) is 0 Å². The molecule has 0 saturated carbocycles. The first-order valence-electron chi connectivity index (χ1n) is 15.0. The number of hydrogen-bond donors (Lipinski definition) is 1. The van der Waals surface area contributed by atoms with Gasteiger partial charge in [-0.15, -0.1) is 0 Å². The zero-order valence-corrected chi connectivity index (χ0v) is 26.6. The largest absolute Gasteiger partial charge is 0.416 e. The van der Waals surface area contributed by atoms with E-state index in [4.69, 9.17) is 0 Å². The molecule has 2 aromatic carbocycles. The summed E-state index contributed by atoms with van der Waals surface area (Å²) in [5.41, 5.74) is -2.20. The first-order valence-corrected chi connectivity index (χ1v) is 15.0. The zero-order valence-electron chi connectivity index (χ0n) is 26.6. The SMILES string of the molecule is CN1CCNCC1.Cc1cc(F)ccc1-c1cnc(N2CCN(C)CC2)nc1C(=O)N(C)Cc1cc(C(F)(F)F)cc(C(F)(F)F)c1. The molecule has 1 amide bonds. The fourth-order valence-corrected chi connectivity index (χ4v) is 5.23. The van der Waals surface area contributed by atoms with Crippen LogP contribution in [0.25, 0.3) is 11.1 Å². The van der Waals surface area contributed by atoms with Gasteiger partial charge in [0.1, 0.15) is 11.5 Å². The van der Waals surface area contributed by atoms with Crippen molar-refractivity contribution in [2.24, 2.45) is 0 Å². The zero-order chi connectivity index (χ0) is 34.5. The number of alkyl halides is 6. The molecule has 0 aliphatic carbocycles. The lowest BCUT2D eigenvalue weighted by Crippen LogP contribution is -2.45. The van der Waals surface area contributed by atoms with E-state index in [2.05, 4.69) is 32.1 Å². The molecule has 0 atom stereocenters. The van der Waals surface area contributed by atoms with E-state index in [9.17, 15) is 35.5 Å². The predicted molar refractivity (Wildman–Crippen MR) is 164 cm³/mol. The fourth-order valence-electron chi connectivity index (χ4n) is 5.23. The van der Waals surface area contributed by atoms with Crippen LogP contribution in [0.5, 0.6) is 0 Å². The van der Waals surface area contributed by atoms with E-state index in [1.165, 1.54) is 44.5 Å². The van der Waals surface area contributed by atoms with Gasteiger partial charge in [-0.05, 0) is 68.0 Å².